The van der Waals surface area contributed by atoms with E-state index < -0.39 is 4.92 Å². The Balaban J connectivity index is 2.29. The number of non-ortho nitro benzene ring substituents is 1. The molecule has 6 heteroatoms. The summed E-state index contributed by atoms with van der Waals surface area (Å²) in [6.45, 7) is 1.21. The first-order chi connectivity index (χ1) is 8.63. The first-order valence-corrected chi connectivity index (χ1v) is 5.64. The molecule has 0 heterocycles. The van der Waals surface area contributed by atoms with Gasteiger partial charge in [-0.05, 0) is 18.5 Å². The second-order valence-electron chi connectivity index (χ2n) is 3.78. The Morgan fingerprint density at radius 3 is 2.94 bits per heavy atom. The molecule has 1 aromatic rings. The number of nitrogens with zero attached hydrogens (tertiary/aromatic N) is 1. The van der Waals surface area contributed by atoms with Crippen LogP contribution >= 0.6 is 0 Å². The van der Waals surface area contributed by atoms with E-state index in [-0.39, 0.29) is 11.7 Å². The first-order valence-electron chi connectivity index (χ1n) is 5.64. The van der Waals surface area contributed by atoms with Crippen LogP contribution in [0.15, 0.2) is 24.3 Å². The normalized spacial score (nSPS) is 10.1. The zero-order chi connectivity index (χ0) is 13.4. The van der Waals surface area contributed by atoms with Gasteiger partial charge in [0.2, 0.25) is 0 Å². The number of ether oxygens (including phenoxy) is 1. The second kappa shape index (κ2) is 7.39. The summed E-state index contributed by atoms with van der Waals surface area (Å²) in [4.78, 5) is 21.0. The number of methoxy groups -OCH3 is 1. The Kier molecular flexibility index (Phi) is 5.79. The molecule has 6 nitrogen and oxygen atoms in total. The van der Waals surface area contributed by atoms with Crippen molar-refractivity contribution in [3.8, 4) is 0 Å². The molecule has 1 aromatic carbocycles. The highest BCUT2D eigenvalue weighted by molar-refractivity contribution is 5.69. The average molecular weight is 252 g/mol. The van der Waals surface area contributed by atoms with Crippen LogP contribution in [0, 0.1) is 10.1 Å². The molecular weight excluding hydrogens is 236 g/mol. The van der Waals surface area contributed by atoms with E-state index in [1.807, 2.05) is 6.07 Å². The second-order valence-corrected chi connectivity index (χ2v) is 3.78. The van der Waals surface area contributed by atoms with Gasteiger partial charge in [-0.1, -0.05) is 12.1 Å². The third kappa shape index (κ3) is 4.92. The number of nitro groups is 1. The van der Waals surface area contributed by atoms with Gasteiger partial charge in [0.15, 0.2) is 0 Å². The van der Waals surface area contributed by atoms with E-state index in [1.54, 1.807) is 6.07 Å². The number of hydrogen-bond donors (Lipinski definition) is 1. The van der Waals surface area contributed by atoms with Crippen LogP contribution in [0.2, 0.25) is 0 Å². The molecule has 1 rings (SSSR count). The molecule has 1 N–H and O–H groups in total. The molecule has 0 amide bonds. The van der Waals surface area contributed by atoms with Crippen LogP contribution in [0.1, 0.15) is 18.4 Å². The van der Waals surface area contributed by atoms with Crippen LogP contribution in [0.4, 0.5) is 5.69 Å². The van der Waals surface area contributed by atoms with E-state index in [9.17, 15) is 14.9 Å². The van der Waals surface area contributed by atoms with Crippen molar-refractivity contribution in [2.24, 2.45) is 0 Å². The molecule has 0 spiro atoms. The molecule has 0 saturated heterocycles. The van der Waals surface area contributed by atoms with Crippen LogP contribution < -0.4 is 5.32 Å². The minimum atomic E-state index is -0.416. The third-order valence-electron chi connectivity index (χ3n) is 2.41. The summed E-state index contributed by atoms with van der Waals surface area (Å²) >= 11 is 0. The number of nitrogens with one attached hydrogen (secondary N) is 1. The highest BCUT2D eigenvalue weighted by atomic mass is 16.6. The molecule has 0 atom stereocenters. The van der Waals surface area contributed by atoms with Gasteiger partial charge in [0.1, 0.15) is 0 Å². The Labute approximate surface area is 105 Å². The molecule has 0 aliphatic heterocycles. The van der Waals surface area contributed by atoms with Gasteiger partial charge in [-0.2, -0.15) is 0 Å². The number of esters is 1. The van der Waals surface area contributed by atoms with Gasteiger partial charge in [0.05, 0.1) is 12.0 Å². The highest BCUT2D eigenvalue weighted by Gasteiger charge is 2.05. The summed E-state index contributed by atoms with van der Waals surface area (Å²) < 4.78 is 4.52. The van der Waals surface area contributed by atoms with E-state index in [1.165, 1.54) is 19.2 Å². The van der Waals surface area contributed by atoms with Crippen LogP contribution in [0.25, 0.3) is 0 Å². The predicted molar refractivity (Wildman–Crippen MR) is 66.1 cm³/mol. The number of hydrogen-bond acceptors (Lipinski definition) is 5. The number of carbonyl (C=O) groups excluding carboxylic acids is 1. The minimum absolute atomic E-state index is 0.0869. The Hall–Kier alpha value is -1.95. The predicted octanol–water partition coefficient (Wildman–Crippen LogP) is 1.64. The van der Waals surface area contributed by atoms with Crippen molar-refractivity contribution in [2.75, 3.05) is 13.7 Å². The van der Waals surface area contributed by atoms with Crippen molar-refractivity contribution in [2.45, 2.75) is 19.4 Å². The number of nitro benzene ring substituents is 1. The lowest BCUT2D eigenvalue weighted by Gasteiger charge is -2.04. The standard InChI is InChI=1S/C12H16N2O4/c1-18-12(15)6-3-7-13-9-10-4-2-5-11(8-10)14(16)17/h2,4-5,8,13H,3,6-7,9H2,1H3. The van der Waals surface area contributed by atoms with Gasteiger partial charge in [-0.25, -0.2) is 0 Å². The smallest absolute Gasteiger partial charge is 0.305 e. The zero-order valence-corrected chi connectivity index (χ0v) is 10.2. The lowest BCUT2D eigenvalue weighted by molar-refractivity contribution is -0.384. The maximum atomic E-state index is 10.8. The summed E-state index contributed by atoms with van der Waals surface area (Å²) in [6.07, 6.45) is 1.06. The highest BCUT2D eigenvalue weighted by Crippen LogP contribution is 2.12. The molecule has 0 radical (unpaired) electrons. The summed E-state index contributed by atoms with van der Waals surface area (Å²) in [6, 6.07) is 6.47. The molecular formula is C12H16N2O4. The lowest BCUT2D eigenvalue weighted by Crippen LogP contribution is -2.16. The largest absolute Gasteiger partial charge is 0.469 e. The van der Waals surface area contributed by atoms with Crippen LogP contribution in [-0.2, 0) is 16.1 Å². The van der Waals surface area contributed by atoms with Crippen molar-refractivity contribution in [3.05, 3.63) is 39.9 Å². The van der Waals surface area contributed by atoms with Crippen molar-refractivity contribution in [3.63, 3.8) is 0 Å². The fourth-order valence-electron chi connectivity index (χ4n) is 1.47. The van der Waals surface area contributed by atoms with Gasteiger partial charge < -0.3 is 10.1 Å². The van der Waals surface area contributed by atoms with E-state index in [0.29, 0.717) is 25.9 Å². The summed E-state index contributed by atoms with van der Waals surface area (Å²) in [5.74, 6) is -0.229. The maximum Gasteiger partial charge on any atom is 0.305 e. The van der Waals surface area contributed by atoms with Crippen LogP contribution in [0.3, 0.4) is 0 Å². The van der Waals surface area contributed by atoms with Crippen molar-refractivity contribution in [1.82, 2.24) is 5.32 Å². The van der Waals surface area contributed by atoms with E-state index in [2.05, 4.69) is 10.1 Å². The molecule has 0 bridgehead atoms. The first kappa shape index (κ1) is 14.1. The summed E-state index contributed by atoms with van der Waals surface area (Å²) in [5, 5.41) is 13.7. The van der Waals surface area contributed by atoms with Crippen LogP contribution in [-0.4, -0.2) is 24.5 Å². The van der Waals surface area contributed by atoms with Gasteiger partial charge >= 0.3 is 5.97 Å². The molecule has 0 aliphatic rings. The molecule has 0 aliphatic carbocycles. The van der Waals surface area contributed by atoms with E-state index >= 15 is 0 Å². The molecule has 0 unspecified atom stereocenters. The SMILES string of the molecule is COC(=O)CCCNCc1cccc([N+](=O)[O-])c1. The number of rotatable bonds is 7. The molecule has 18 heavy (non-hydrogen) atoms. The average Bonchev–Trinajstić information content (AvgIpc) is 2.38. The van der Waals surface area contributed by atoms with Gasteiger partial charge in [-0.3, -0.25) is 14.9 Å². The van der Waals surface area contributed by atoms with E-state index in [4.69, 9.17) is 0 Å². The van der Waals surface area contributed by atoms with Crippen molar-refractivity contribution in [1.29, 1.82) is 0 Å². The van der Waals surface area contributed by atoms with Gasteiger partial charge in [-0.15, -0.1) is 0 Å². The van der Waals surface area contributed by atoms with Crippen molar-refractivity contribution < 1.29 is 14.5 Å². The third-order valence-corrected chi connectivity index (χ3v) is 2.41. The van der Waals surface area contributed by atoms with Gasteiger partial charge in [0.25, 0.3) is 5.69 Å². The fraction of sp³-hybridized carbons (Fsp3) is 0.417. The Bertz CT molecular complexity index is 420. The minimum Gasteiger partial charge on any atom is -0.469 e. The number of carbonyl (C=O) groups is 1. The Morgan fingerprint density at radius 1 is 1.50 bits per heavy atom. The quantitative estimate of drug-likeness (QED) is 0.345. The Morgan fingerprint density at radius 2 is 2.28 bits per heavy atom. The molecule has 0 aromatic heterocycles. The zero-order valence-electron chi connectivity index (χ0n) is 10.2. The number of benzene rings is 1. The van der Waals surface area contributed by atoms with Crippen LogP contribution in [0.5, 0.6) is 0 Å². The molecule has 0 saturated carbocycles. The molecule has 98 valence electrons. The fourth-order valence-corrected chi connectivity index (χ4v) is 1.47. The van der Waals surface area contributed by atoms with Crippen molar-refractivity contribution >= 4 is 11.7 Å². The topological polar surface area (TPSA) is 81.5 Å². The summed E-state index contributed by atoms with van der Waals surface area (Å²) in [5.41, 5.74) is 0.936. The van der Waals surface area contributed by atoms with Gasteiger partial charge in [0, 0.05) is 25.1 Å². The summed E-state index contributed by atoms with van der Waals surface area (Å²) in [7, 11) is 1.36. The van der Waals surface area contributed by atoms with E-state index in [0.717, 1.165) is 5.56 Å². The molecule has 0 fully saturated rings. The maximum absolute atomic E-state index is 10.8. The monoisotopic (exact) mass is 252 g/mol. The lowest BCUT2D eigenvalue weighted by atomic mass is 10.2.